The molecule has 1 aromatic carbocycles. The fourth-order valence-corrected chi connectivity index (χ4v) is 4.00. The first kappa shape index (κ1) is 20.9. The summed E-state index contributed by atoms with van der Waals surface area (Å²) in [5, 5.41) is 8.37. The van der Waals surface area contributed by atoms with E-state index in [2.05, 4.69) is 21.7 Å². The summed E-state index contributed by atoms with van der Waals surface area (Å²) in [6, 6.07) is 12.6. The monoisotopic (exact) mass is 479 g/mol. The van der Waals surface area contributed by atoms with E-state index in [-0.39, 0.29) is 29.7 Å². The van der Waals surface area contributed by atoms with Crippen molar-refractivity contribution in [3.63, 3.8) is 0 Å². The summed E-state index contributed by atoms with van der Waals surface area (Å²) in [5.74, 6) is 0.793. The van der Waals surface area contributed by atoms with Gasteiger partial charge in [-0.2, -0.15) is 0 Å². The van der Waals surface area contributed by atoms with Crippen LogP contribution < -0.4 is 10.6 Å². The molecule has 0 fully saturated rings. The van der Waals surface area contributed by atoms with Crippen molar-refractivity contribution in [3.8, 4) is 0 Å². The van der Waals surface area contributed by atoms with Crippen LogP contribution in [0, 0.1) is 0 Å². The van der Waals surface area contributed by atoms with Gasteiger partial charge in [0.1, 0.15) is 0 Å². The molecular weight excluding hydrogens is 457 g/mol. The second kappa shape index (κ2) is 10.7. The molecule has 8 heteroatoms. The lowest BCUT2D eigenvalue weighted by molar-refractivity contribution is 0.592. The molecule has 0 unspecified atom stereocenters. The van der Waals surface area contributed by atoms with Gasteiger partial charge in [-0.25, -0.2) is 8.42 Å². The highest BCUT2D eigenvalue weighted by molar-refractivity contribution is 14.0. The van der Waals surface area contributed by atoms with Crippen LogP contribution in [-0.4, -0.2) is 33.7 Å². The third-order valence-electron chi connectivity index (χ3n) is 3.22. The van der Waals surface area contributed by atoms with Crippen molar-refractivity contribution in [1.29, 1.82) is 0 Å². The molecule has 2 rings (SSSR count). The molecule has 0 atom stereocenters. The van der Waals surface area contributed by atoms with Crippen LogP contribution in [0.15, 0.2) is 57.7 Å². The van der Waals surface area contributed by atoms with E-state index in [1.807, 2.05) is 17.5 Å². The van der Waals surface area contributed by atoms with Crippen LogP contribution in [-0.2, 0) is 16.4 Å². The Balaban J connectivity index is 0.00000288. The van der Waals surface area contributed by atoms with E-state index >= 15 is 0 Å². The van der Waals surface area contributed by atoms with Crippen molar-refractivity contribution in [3.05, 3.63) is 52.7 Å². The molecule has 0 aliphatic carbocycles. The van der Waals surface area contributed by atoms with Gasteiger partial charge in [0.15, 0.2) is 15.8 Å². The molecule has 0 aliphatic rings. The zero-order valence-corrected chi connectivity index (χ0v) is 17.4. The summed E-state index contributed by atoms with van der Waals surface area (Å²) in [7, 11) is -1.51. The Morgan fingerprint density at radius 3 is 2.50 bits per heavy atom. The van der Waals surface area contributed by atoms with Gasteiger partial charge in [0.05, 0.1) is 17.2 Å². The molecule has 0 bridgehead atoms. The summed E-state index contributed by atoms with van der Waals surface area (Å²) in [6.07, 6.45) is 0.525. The lowest BCUT2D eigenvalue weighted by Crippen LogP contribution is -2.37. The molecule has 0 aliphatic heterocycles. The number of halogens is 1. The largest absolute Gasteiger partial charge is 0.356 e. The summed E-state index contributed by atoms with van der Waals surface area (Å²) in [6.45, 7) is 1.26. The molecule has 5 nitrogen and oxygen atoms in total. The van der Waals surface area contributed by atoms with E-state index in [0.717, 1.165) is 0 Å². The highest BCUT2D eigenvalue weighted by Crippen LogP contribution is 2.10. The zero-order chi connectivity index (χ0) is 16.5. The maximum atomic E-state index is 12.2. The van der Waals surface area contributed by atoms with Crippen LogP contribution in [0.5, 0.6) is 0 Å². The van der Waals surface area contributed by atoms with Crippen molar-refractivity contribution in [1.82, 2.24) is 10.6 Å². The smallest absolute Gasteiger partial charge is 0.191 e. The van der Waals surface area contributed by atoms with Gasteiger partial charge in [-0.3, -0.25) is 4.99 Å². The molecule has 132 valence electrons. The molecular formula is C16H22IN3O2S2. The Kier molecular flexibility index (Phi) is 9.30. The van der Waals surface area contributed by atoms with Crippen molar-refractivity contribution >= 4 is 51.1 Å². The number of hydrogen-bond donors (Lipinski definition) is 2. The van der Waals surface area contributed by atoms with Crippen LogP contribution in [0.1, 0.15) is 11.3 Å². The van der Waals surface area contributed by atoms with Gasteiger partial charge in [0, 0.05) is 18.5 Å². The molecule has 0 spiro atoms. The molecule has 0 saturated heterocycles. The number of benzene rings is 1. The van der Waals surface area contributed by atoms with E-state index in [0.29, 0.717) is 30.4 Å². The Morgan fingerprint density at radius 2 is 1.88 bits per heavy atom. The Hall–Kier alpha value is -1.13. The second-order valence-electron chi connectivity index (χ2n) is 4.92. The first-order valence-corrected chi connectivity index (χ1v) is 9.90. The molecule has 2 N–H and O–H groups in total. The maximum absolute atomic E-state index is 12.2. The van der Waals surface area contributed by atoms with Gasteiger partial charge in [0.2, 0.25) is 0 Å². The Labute approximate surface area is 164 Å². The number of aliphatic imine (C=N–C) groups is 1. The first-order chi connectivity index (χ1) is 11.1. The average molecular weight is 479 g/mol. The number of hydrogen-bond acceptors (Lipinski definition) is 4. The molecule has 24 heavy (non-hydrogen) atoms. The van der Waals surface area contributed by atoms with E-state index in [9.17, 15) is 8.42 Å². The van der Waals surface area contributed by atoms with Crippen molar-refractivity contribution < 1.29 is 8.42 Å². The fraction of sp³-hybridized carbons (Fsp3) is 0.312. The number of guanidine groups is 1. The predicted molar refractivity (Wildman–Crippen MR) is 111 cm³/mol. The topological polar surface area (TPSA) is 70.6 Å². The number of rotatable bonds is 7. The maximum Gasteiger partial charge on any atom is 0.191 e. The van der Waals surface area contributed by atoms with Crippen LogP contribution in [0.2, 0.25) is 0 Å². The lowest BCUT2D eigenvalue weighted by atomic mass is 10.4. The van der Waals surface area contributed by atoms with E-state index in [1.165, 1.54) is 4.88 Å². The van der Waals surface area contributed by atoms with Crippen LogP contribution in [0.3, 0.4) is 0 Å². The van der Waals surface area contributed by atoms with Crippen molar-refractivity contribution in [2.75, 3.05) is 19.3 Å². The lowest BCUT2D eigenvalue weighted by Gasteiger charge is -2.11. The summed E-state index contributed by atoms with van der Waals surface area (Å²) in [5.41, 5.74) is 0. The molecule has 0 saturated carbocycles. The van der Waals surface area contributed by atoms with E-state index in [1.54, 1.807) is 42.6 Å². The molecule has 1 aromatic heterocycles. The number of nitrogens with one attached hydrogen (secondary N) is 2. The third-order valence-corrected chi connectivity index (χ3v) is 5.91. The normalized spacial score (nSPS) is 11.6. The van der Waals surface area contributed by atoms with Crippen LogP contribution >= 0.6 is 35.3 Å². The van der Waals surface area contributed by atoms with E-state index < -0.39 is 9.84 Å². The number of sulfone groups is 1. The average Bonchev–Trinajstić information content (AvgIpc) is 3.08. The third kappa shape index (κ3) is 6.78. The second-order valence-corrected chi connectivity index (χ2v) is 8.06. The van der Waals surface area contributed by atoms with Gasteiger partial charge in [-0.15, -0.1) is 35.3 Å². The Bertz CT molecular complexity index is 717. The highest BCUT2D eigenvalue weighted by atomic mass is 127. The molecule has 1 heterocycles. The molecule has 2 aromatic rings. The quantitative estimate of drug-likeness (QED) is 0.277. The van der Waals surface area contributed by atoms with Crippen molar-refractivity contribution in [2.24, 2.45) is 4.99 Å². The summed E-state index contributed by atoms with van der Waals surface area (Å²) < 4.78 is 24.3. The molecule has 0 amide bonds. The SMILES string of the molecule is CN=C(NCCCS(=O)(=O)c1ccccc1)NCc1cccs1.I. The predicted octanol–water partition coefficient (Wildman–Crippen LogP) is 2.90. The van der Waals surface area contributed by atoms with Crippen molar-refractivity contribution in [2.45, 2.75) is 17.9 Å². The number of thiophene rings is 1. The summed E-state index contributed by atoms with van der Waals surface area (Å²) in [4.78, 5) is 5.73. The van der Waals surface area contributed by atoms with Crippen LogP contribution in [0.4, 0.5) is 0 Å². The first-order valence-electron chi connectivity index (χ1n) is 7.36. The minimum absolute atomic E-state index is 0. The molecule has 0 radical (unpaired) electrons. The Morgan fingerprint density at radius 1 is 1.12 bits per heavy atom. The minimum Gasteiger partial charge on any atom is -0.356 e. The van der Waals surface area contributed by atoms with Gasteiger partial charge in [-0.1, -0.05) is 24.3 Å². The minimum atomic E-state index is -3.21. The van der Waals surface area contributed by atoms with Gasteiger partial charge >= 0.3 is 0 Å². The van der Waals surface area contributed by atoms with Gasteiger partial charge in [-0.05, 0) is 30.0 Å². The van der Waals surface area contributed by atoms with Crippen LogP contribution in [0.25, 0.3) is 0 Å². The zero-order valence-electron chi connectivity index (χ0n) is 13.4. The van der Waals surface area contributed by atoms with Gasteiger partial charge in [0.25, 0.3) is 0 Å². The highest BCUT2D eigenvalue weighted by Gasteiger charge is 2.13. The number of nitrogens with zero attached hydrogens (tertiary/aromatic N) is 1. The van der Waals surface area contributed by atoms with E-state index in [4.69, 9.17) is 0 Å². The summed E-state index contributed by atoms with van der Waals surface area (Å²) >= 11 is 1.68. The fourth-order valence-electron chi connectivity index (χ4n) is 2.02. The van der Waals surface area contributed by atoms with Gasteiger partial charge < -0.3 is 10.6 Å². The standard InChI is InChI=1S/C16H21N3O2S2.HI/c1-17-16(19-13-14-7-5-11-22-14)18-10-6-12-23(20,21)15-8-3-2-4-9-15;/h2-5,7-9,11H,6,10,12-13H2,1H3,(H2,17,18,19);1H.